The second kappa shape index (κ2) is 6.36. The number of hydrogen-bond donors (Lipinski definition) is 3. The van der Waals surface area contributed by atoms with Crippen molar-refractivity contribution in [1.29, 1.82) is 0 Å². The zero-order valence-electron chi connectivity index (χ0n) is 11.7. The van der Waals surface area contributed by atoms with Gasteiger partial charge in [-0.1, -0.05) is 12.8 Å². The van der Waals surface area contributed by atoms with E-state index in [4.69, 9.17) is 10.8 Å². The zero-order chi connectivity index (χ0) is 12.9. The molecule has 2 fully saturated rings. The third-order valence-corrected chi connectivity index (χ3v) is 5.41. The molecule has 0 aromatic rings. The van der Waals surface area contributed by atoms with Crippen molar-refractivity contribution in [3.63, 3.8) is 0 Å². The highest BCUT2D eigenvalue weighted by Crippen LogP contribution is 2.50. The Labute approximate surface area is 112 Å². The second-order valence-electron chi connectivity index (χ2n) is 6.55. The number of unbranched alkanes of at least 4 members (excludes halogenated alkanes) is 1. The van der Waals surface area contributed by atoms with Gasteiger partial charge in [-0.05, 0) is 63.3 Å². The summed E-state index contributed by atoms with van der Waals surface area (Å²) in [6.45, 7) is 2.08. The summed E-state index contributed by atoms with van der Waals surface area (Å²) in [6, 6.07) is 0. The van der Waals surface area contributed by atoms with Gasteiger partial charge in [-0.25, -0.2) is 0 Å². The fourth-order valence-corrected chi connectivity index (χ4v) is 3.93. The fraction of sp³-hybridized carbons (Fsp3) is 1.00. The minimum Gasteiger partial charge on any atom is -0.396 e. The van der Waals surface area contributed by atoms with Gasteiger partial charge in [-0.2, -0.15) is 0 Å². The van der Waals surface area contributed by atoms with E-state index in [0.717, 1.165) is 25.9 Å². The lowest BCUT2D eigenvalue weighted by atomic mass is 9.66. The number of rotatable bonds is 6. The van der Waals surface area contributed by atoms with Crippen LogP contribution >= 0.6 is 0 Å². The third-order valence-electron chi connectivity index (χ3n) is 5.41. The predicted octanol–water partition coefficient (Wildman–Crippen LogP) is 2.18. The largest absolute Gasteiger partial charge is 0.396 e. The summed E-state index contributed by atoms with van der Waals surface area (Å²) in [7, 11) is 0. The van der Waals surface area contributed by atoms with E-state index >= 15 is 0 Å². The second-order valence-corrected chi connectivity index (χ2v) is 6.55. The molecule has 0 heterocycles. The lowest BCUT2D eigenvalue weighted by Crippen LogP contribution is -2.54. The first-order valence-corrected chi connectivity index (χ1v) is 7.80. The van der Waals surface area contributed by atoms with Gasteiger partial charge in [0.1, 0.15) is 0 Å². The minimum absolute atomic E-state index is 0.198. The van der Waals surface area contributed by atoms with Crippen molar-refractivity contribution < 1.29 is 5.11 Å². The summed E-state index contributed by atoms with van der Waals surface area (Å²) in [5, 5.41) is 12.5. The Hall–Kier alpha value is -0.120. The summed E-state index contributed by atoms with van der Waals surface area (Å²) in [5.74, 6) is 0. The first kappa shape index (κ1) is 14.3. The first-order chi connectivity index (χ1) is 8.74. The maximum absolute atomic E-state index is 8.81. The molecule has 3 nitrogen and oxygen atoms in total. The number of nitrogens with one attached hydrogen (secondary N) is 1. The average molecular weight is 254 g/mol. The highest BCUT2D eigenvalue weighted by molar-refractivity contribution is 4.99. The van der Waals surface area contributed by atoms with Gasteiger partial charge in [0, 0.05) is 18.7 Å². The number of aliphatic hydroxyl groups excluding tert-OH is 1. The molecular weight excluding hydrogens is 224 g/mol. The molecule has 4 N–H and O–H groups in total. The molecule has 0 atom stereocenters. The van der Waals surface area contributed by atoms with Crippen molar-refractivity contribution in [3.05, 3.63) is 0 Å². The van der Waals surface area contributed by atoms with Gasteiger partial charge < -0.3 is 16.2 Å². The standard InChI is InChI=1S/C15H30N2O/c16-13-15(17-11-3-4-12-18)9-7-14(8-10-15)5-1-2-6-14/h17-18H,1-13,16H2. The van der Waals surface area contributed by atoms with Crippen LogP contribution in [0.4, 0.5) is 0 Å². The van der Waals surface area contributed by atoms with E-state index in [1.807, 2.05) is 0 Å². The van der Waals surface area contributed by atoms with Crippen LogP contribution in [0, 0.1) is 5.41 Å². The summed E-state index contributed by atoms with van der Waals surface area (Å²) < 4.78 is 0. The van der Waals surface area contributed by atoms with E-state index in [9.17, 15) is 0 Å². The molecule has 0 saturated heterocycles. The lowest BCUT2D eigenvalue weighted by molar-refractivity contribution is 0.114. The van der Waals surface area contributed by atoms with E-state index in [2.05, 4.69) is 5.32 Å². The van der Waals surface area contributed by atoms with Gasteiger partial charge >= 0.3 is 0 Å². The molecule has 0 aromatic heterocycles. The Morgan fingerprint density at radius 2 is 1.61 bits per heavy atom. The molecule has 0 radical (unpaired) electrons. The van der Waals surface area contributed by atoms with Crippen molar-refractivity contribution >= 4 is 0 Å². The lowest BCUT2D eigenvalue weighted by Gasteiger charge is -2.45. The van der Waals surface area contributed by atoms with Crippen LogP contribution in [-0.2, 0) is 0 Å². The van der Waals surface area contributed by atoms with Gasteiger partial charge in [0.2, 0.25) is 0 Å². The van der Waals surface area contributed by atoms with Crippen LogP contribution < -0.4 is 11.1 Å². The van der Waals surface area contributed by atoms with Crippen LogP contribution in [0.25, 0.3) is 0 Å². The normalized spacial score (nSPS) is 25.7. The summed E-state index contributed by atoms with van der Waals surface area (Å²) in [4.78, 5) is 0. The fourth-order valence-electron chi connectivity index (χ4n) is 3.93. The van der Waals surface area contributed by atoms with Crippen LogP contribution in [0.1, 0.15) is 64.2 Å². The first-order valence-electron chi connectivity index (χ1n) is 7.80. The van der Waals surface area contributed by atoms with Crippen molar-refractivity contribution in [1.82, 2.24) is 5.32 Å². The molecular formula is C15H30N2O. The monoisotopic (exact) mass is 254 g/mol. The molecule has 1 spiro atoms. The van der Waals surface area contributed by atoms with Gasteiger partial charge in [0.05, 0.1) is 0 Å². The van der Waals surface area contributed by atoms with Crippen LogP contribution in [0.2, 0.25) is 0 Å². The summed E-state index contributed by atoms with van der Waals surface area (Å²) in [5.41, 5.74) is 6.91. The van der Waals surface area contributed by atoms with Gasteiger partial charge in [0.25, 0.3) is 0 Å². The van der Waals surface area contributed by atoms with E-state index < -0.39 is 0 Å². The topological polar surface area (TPSA) is 58.3 Å². The Morgan fingerprint density at radius 3 is 2.17 bits per heavy atom. The SMILES string of the molecule is NCC1(NCCCCO)CCC2(CCCC2)CC1. The molecule has 0 unspecified atom stereocenters. The number of nitrogens with two attached hydrogens (primary N) is 1. The molecule has 2 saturated carbocycles. The van der Waals surface area contributed by atoms with Crippen molar-refractivity contribution in [2.24, 2.45) is 11.1 Å². The maximum Gasteiger partial charge on any atom is 0.0431 e. The van der Waals surface area contributed by atoms with Crippen LogP contribution in [-0.4, -0.2) is 30.3 Å². The molecule has 2 rings (SSSR count). The Bertz CT molecular complexity index is 239. The number of hydrogen-bond acceptors (Lipinski definition) is 3. The molecule has 0 amide bonds. The van der Waals surface area contributed by atoms with Crippen molar-refractivity contribution in [3.8, 4) is 0 Å². The molecule has 18 heavy (non-hydrogen) atoms. The zero-order valence-corrected chi connectivity index (χ0v) is 11.7. The van der Waals surface area contributed by atoms with E-state index in [1.165, 1.54) is 51.4 Å². The van der Waals surface area contributed by atoms with E-state index in [-0.39, 0.29) is 5.54 Å². The van der Waals surface area contributed by atoms with Crippen LogP contribution in [0.15, 0.2) is 0 Å². The summed E-state index contributed by atoms with van der Waals surface area (Å²) >= 11 is 0. The smallest absolute Gasteiger partial charge is 0.0431 e. The molecule has 2 aliphatic carbocycles. The van der Waals surface area contributed by atoms with E-state index in [0.29, 0.717) is 12.0 Å². The molecule has 3 heteroatoms. The van der Waals surface area contributed by atoms with Crippen LogP contribution in [0.3, 0.4) is 0 Å². The van der Waals surface area contributed by atoms with Gasteiger partial charge in [-0.15, -0.1) is 0 Å². The molecule has 0 aliphatic heterocycles. The van der Waals surface area contributed by atoms with Gasteiger partial charge in [0.15, 0.2) is 0 Å². The Morgan fingerprint density at radius 1 is 0.944 bits per heavy atom. The van der Waals surface area contributed by atoms with Gasteiger partial charge in [-0.3, -0.25) is 0 Å². The Kier molecular flexibility index (Phi) is 5.05. The maximum atomic E-state index is 8.81. The average Bonchev–Trinajstić information content (AvgIpc) is 2.86. The van der Waals surface area contributed by atoms with Crippen LogP contribution in [0.5, 0.6) is 0 Å². The molecule has 0 aromatic carbocycles. The van der Waals surface area contributed by atoms with Crippen molar-refractivity contribution in [2.45, 2.75) is 69.7 Å². The van der Waals surface area contributed by atoms with E-state index in [1.54, 1.807) is 0 Å². The minimum atomic E-state index is 0.198. The molecule has 2 aliphatic rings. The summed E-state index contributed by atoms with van der Waals surface area (Å²) in [6.07, 6.45) is 13.0. The quantitative estimate of drug-likeness (QED) is 0.637. The van der Waals surface area contributed by atoms with Crippen molar-refractivity contribution in [2.75, 3.05) is 19.7 Å². The molecule has 106 valence electrons. The molecule has 0 bridgehead atoms. The number of aliphatic hydroxyl groups is 1. The Balaban J connectivity index is 1.79. The highest BCUT2D eigenvalue weighted by Gasteiger charge is 2.42. The third kappa shape index (κ3) is 3.25. The predicted molar refractivity (Wildman–Crippen MR) is 75.5 cm³/mol. The highest BCUT2D eigenvalue weighted by atomic mass is 16.2.